The highest BCUT2D eigenvalue weighted by atomic mass is 16.3. The lowest BCUT2D eigenvalue weighted by Gasteiger charge is -1.96. The predicted molar refractivity (Wildman–Crippen MR) is 66.9 cm³/mol. The maximum absolute atomic E-state index is 11.7. The Balaban J connectivity index is 1.96. The molecule has 0 atom stereocenters. The maximum Gasteiger partial charge on any atom is 0.202 e. The summed E-state index contributed by atoms with van der Waals surface area (Å²) >= 11 is 0. The monoisotopic (exact) mass is 231 g/mol. The van der Waals surface area contributed by atoms with Gasteiger partial charge < -0.3 is 4.42 Å². The van der Waals surface area contributed by atoms with E-state index in [4.69, 9.17) is 4.42 Å². The number of hydrogen-bond acceptors (Lipinski definition) is 3. The van der Waals surface area contributed by atoms with Gasteiger partial charge in [-0.2, -0.15) is 0 Å². The number of ketones is 1. The van der Waals surface area contributed by atoms with Crippen LogP contribution in [0.3, 0.4) is 0 Å². The molecule has 0 saturated heterocycles. The third kappa shape index (κ3) is 3.16. The fourth-order valence-electron chi connectivity index (χ4n) is 1.82. The molecule has 1 aromatic carbocycles. The van der Waals surface area contributed by atoms with Gasteiger partial charge in [0.2, 0.25) is 5.89 Å². The molecular weight excluding hydrogens is 214 g/mol. The summed E-state index contributed by atoms with van der Waals surface area (Å²) in [6.07, 6.45) is 4.16. The molecule has 0 amide bonds. The van der Waals surface area contributed by atoms with Gasteiger partial charge in [-0.05, 0) is 18.6 Å². The first-order valence-electron chi connectivity index (χ1n) is 6.15. The molecule has 1 aromatic heterocycles. The largest absolute Gasteiger partial charge is 0.440 e. The van der Waals surface area contributed by atoms with Crippen molar-refractivity contribution >= 4 is 16.9 Å². The Morgan fingerprint density at radius 1 is 1.29 bits per heavy atom. The fourth-order valence-corrected chi connectivity index (χ4v) is 1.82. The minimum atomic E-state index is 0.213. The van der Waals surface area contributed by atoms with Gasteiger partial charge in [-0.15, -0.1) is 0 Å². The molecular formula is C14H17NO2. The second kappa shape index (κ2) is 5.62. The van der Waals surface area contributed by atoms with Gasteiger partial charge in [0.1, 0.15) is 11.3 Å². The van der Waals surface area contributed by atoms with E-state index in [9.17, 15) is 4.79 Å². The number of unbranched alkanes of at least 4 members (excludes halogenated alkanes) is 2. The molecule has 0 N–H and O–H groups in total. The molecule has 2 rings (SSSR count). The van der Waals surface area contributed by atoms with Crippen LogP contribution in [-0.2, 0) is 11.2 Å². The first kappa shape index (κ1) is 11.8. The van der Waals surface area contributed by atoms with Crippen molar-refractivity contribution in [3.63, 3.8) is 0 Å². The minimum Gasteiger partial charge on any atom is -0.440 e. The lowest BCUT2D eigenvalue weighted by molar-refractivity contribution is -0.118. The van der Waals surface area contributed by atoms with E-state index in [1.54, 1.807) is 0 Å². The van der Waals surface area contributed by atoms with E-state index in [2.05, 4.69) is 11.9 Å². The van der Waals surface area contributed by atoms with Gasteiger partial charge in [-0.1, -0.05) is 31.9 Å². The SMILES string of the molecule is CCCCCC(=O)Cc1nc2ccccc2o1. The summed E-state index contributed by atoms with van der Waals surface area (Å²) in [5.74, 6) is 0.748. The molecule has 17 heavy (non-hydrogen) atoms. The first-order chi connectivity index (χ1) is 8.29. The molecule has 0 saturated carbocycles. The summed E-state index contributed by atoms with van der Waals surface area (Å²) in [5.41, 5.74) is 1.58. The van der Waals surface area contributed by atoms with E-state index in [1.165, 1.54) is 0 Å². The predicted octanol–water partition coefficient (Wildman–Crippen LogP) is 3.52. The zero-order chi connectivity index (χ0) is 12.1. The number of hydrogen-bond donors (Lipinski definition) is 0. The van der Waals surface area contributed by atoms with Crippen molar-refractivity contribution < 1.29 is 9.21 Å². The molecule has 0 aliphatic heterocycles. The maximum atomic E-state index is 11.7. The third-order valence-electron chi connectivity index (χ3n) is 2.75. The molecule has 2 aromatic rings. The van der Waals surface area contributed by atoms with E-state index in [0.717, 1.165) is 30.4 Å². The van der Waals surface area contributed by atoms with Gasteiger partial charge in [-0.25, -0.2) is 4.98 Å². The molecule has 0 spiro atoms. The Morgan fingerprint density at radius 3 is 2.88 bits per heavy atom. The number of fused-ring (bicyclic) bond motifs is 1. The Morgan fingerprint density at radius 2 is 2.12 bits per heavy atom. The highest BCUT2D eigenvalue weighted by Crippen LogP contribution is 2.15. The molecule has 3 heteroatoms. The molecule has 90 valence electrons. The van der Waals surface area contributed by atoms with Crippen molar-refractivity contribution in [3.8, 4) is 0 Å². The van der Waals surface area contributed by atoms with Crippen molar-refractivity contribution in [1.29, 1.82) is 0 Å². The lowest BCUT2D eigenvalue weighted by atomic mass is 10.1. The zero-order valence-electron chi connectivity index (χ0n) is 10.1. The number of aromatic nitrogens is 1. The van der Waals surface area contributed by atoms with Crippen molar-refractivity contribution in [2.75, 3.05) is 0 Å². The van der Waals surface area contributed by atoms with Gasteiger partial charge in [-0.3, -0.25) is 4.79 Å². The number of carbonyl (C=O) groups is 1. The lowest BCUT2D eigenvalue weighted by Crippen LogP contribution is -2.02. The van der Waals surface area contributed by atoms with Crippen molar-refractivity contribution in [3.05, 3.63) is 30.2 Å². The molecule has 0 fully saturated rings. The van der Waals surface area contributed by atoms with Crippen LogP contribution < -0.4 is 0 Å². The van der Waals surface area contributed by atoms with Gasteiger partial charge >= 0.3 is 0 Å². The van der Waals surface area contributed by atoms with Gasteiger partial charge in [0.05, 0.1) is 6.42 Å². The summed E-state index contributed by atoms with van der Waals surface area (Å²) in [7, 11) is 0. The van der Waals surface area contributed by atoms with E-state index >= 15 is 0 Å². The van der Waals surface area contributed by atoms with Crippen LogP contribution in [0.2, 0.25) is 0 Å². The van der Waals surface area contributed by atoms with Crippen LogP contribution in [-0.4, -0.2) is 10.8 Å². The Kier molecular flexibility index (Phi) is 3.91. The molecule has 1 heterocycles. The summed E-state index contributed by atoms with van der Waals surface area (Å²) < 4.78 is 5.51. The molecule has 0 radical (unpaired) electrons. The average molecular weight is 231 g/mol. The minimum absolute atomic E-state index is 0.213. The van der Waals surface area contributed by atoms with E-state index in [1.807, 2.05) is 24.3 Å². The van der Waals surface area contributed by atoms with Gasteiger partial charge in [0.25, 0.3) is 0 Å². The molecule has 0 aliphatic rings. The molecule has 3 nitrogen and oxygen atoms in total. The Bertz CT molecular complexity index is 469. The highest BCUT2D eigenvalue weighted by Gasteiger charge is 2.09. The van der Waals surface area contributed by atoms with Crippen LogP contribution in [0.1, 0.15) is 38.5 Å². The number of Topliss-reactive ketones (excluding diaryl/α,β-unsaturated/α-hetero) is 1. The van der Waals surface area contributed by atoms with Crippen LogP contribution in [0.15, 0.2) is 28.7 Å². The molecule has 0 aliphatic carbocycles. The van der Waals surface area contributed by atoms with Crippen LogP contribution in [0.25, 0.3) is 11.1 Å². The Labute approximate surface area is 101 Å². The molecule has 0 unspecified atom stereocenters. The quantitative estimate of drug-likeness (QED) is 0.714. The standard InChI is InChI=1S/C14H17NO2/c1-2-3-4-7-11(16)10-14-15-12-8-5-6-9-13(12)17-14/h5-6,8-9H,2-4,7,10H2,1H3. The fraction of sp³-hybridized carbons (Fsp3) is 0.429. The van der Waals surface area contributed by atoms with Crippen LogP contribution in [0.5, 0.6) is 0 Å². The summed E-state index contributed by atoms with van der Waals surface area (Å²) in [5, 5.41) is 0. The number of carbonyl (C=O) groups excluding carboxylic acids is 1. The zero-order valence-corrected chi connectivity index (χ0v) is 10.1. The average Bonchev–Trinajstić information content (AvgIpc) is 2.71. The van der Waals surface area contributed by atoms with E-state index < -0.39 is 0 Å². The second-order valence-electron chi connectivity index (χ2n) is 4.25. The van der Waals surface area contributed by atoms with Crippen LogP contribution >= 0.6 is 0 Å². The van der Waals surface area contributed by atoms with Gasteiger partial charge in [0, 0.05) is 6.42 Å². The Hall–Kier alpha value is -1.64. The summed E-state index contributed by atoms with van der Waals surface area (Å²) in [6.45, 7) is 2.13. The van der Waals surface area contributed by atoms with E-state index in [-0.39, 0.29) is 5.78 Å². The summed E-state index contributed by atoms with van der Waals surface area (Å²) in [6, 6.07) is 7.58. The number of benzene rings is 1. The van der Waals surface area contributed by atoms with Crippen molar-refractivity contribution in [2.45, 2.75) is 39.0 Å². The second-order valence-corrected chi connectivity index (χ2v) is 4.25. The first-order valence-corrected chi connectivity index (χ1v) is 6.15. The number of oxazole rings is 1. The van der Waals surface area contributed by atoms with E-state index in [0.29, 0.717) is 18.7 Å². The summed E-state index contributed by atoms with van der Waals surface area (Å²) in [4.78, 5) is 16.0. The van der Waals surface area contributed by atoms with Gasteiger partial charge in [0.15, 0.2) is 5.58 Å². The molecule has 0 bridgehead atoms. The number of nitrogens with zero attached hydrogens (tertiary/aromatic N) is 1. The number of rotatable bonds is 6. The normalized spacial score (nSPS) is 10.9. The van der Waals surface area contributed by atoms with Crippen LogP contribution in [0, 0.1) is 0 Å². The van der Waals surface area contributed by atoms with Crippen molar-refractivity contribution in [2.24, 2.45) is 0 Å². The smallest absolute Gasteiger partial charge is 0.202 e. The number of para-hydroxylation sites is 2. The third-order valence-corrected chi connectivity index (χ3v) is 2.75. The van der Waals surface area contributed by atoms with Crippen molar-refractivity contribution in [1.82, 2.24) is 4.98 Å². The highest BCUT2D eigenvalue weighted by molar-refractivity contribution is 5.81. The van der Waals surface area contributed by atoms with Crippen LogP contribution in [0.4, 0.5) is 0 Å². The topological polar surface area (TPSA) is 43.1 Å².